The number of carbonyl (C=O) groups excluding carboxylic acids is 1. The minimum Gasteiger partial charge on any atom is -0.493 e. The number of thiocarbonyl (C=S) groups is 1. The normalized spacial score (nSPS) is 12.8. The van der Waals surface area contributed by atoms with Crippen LogP contribution in [0.15, 0.2) is 54.6 Å². The van der Waals surface area contributed by atoms with E-state index in [4.69, 9.17) is 47.5 Å². The smallest absolute Gasteiger partial charge is 0.257 e. The van der Waals surface area contributed by atoms with Gasteiger partial charge in [0.1, 0.15) is 11.5 Å². The largest absolute Gasteiger partial charge is 0.493 e. The molecule has 8 nitrogen and oxygen atoms in total. The summed E-state index contributed by atoms with van der Waals surface area (Å²) >= 11 is 11.7. The Kier molecular flexibility index (Phi) is 9.95. The molecule has 0 bridgehead atoms. The third kappa shape index (κ3) is 6.71. The van der Waals surface area contributed by atoms with Crippen LogP contribution in [-0.4, -0.2) is 45.2 Å². The van der Waals surface area contributed by atoms with Gasteiger partial charge in [-0.25, -0.2) is 0 Å². The highest BCUT2D eigenvalue weighted by Gasteiger charge is 2.28. The van der Waals surface area contributed by atoms with Crippen molar-refractivity contribution in [1.29, 1.82) is 0 Å². The van der Waals surface area contributed by atoms with Crippen LogP contribution >= 0.6 is 23.8 Å². The van der Waals surface area contributed by atoms with Gasteiger partial charge in [0.05, 0.1) is 27.0 Å². The summed E-state index contributed by atoms with van der Waals surface area (Å²) < 4.78 is 28.7. The molecule has 0 radical (unpaired) electrons. The van der Waals surface area contributed by atoms with Gasteiger partial charge >= 0.3 is 0 Å². The number of amides is 1. The maximum atomic E-state index is 13.1. The minimum absolute atomic E-state index is 0.287. The average molecular weight is 585 g/mol. The third-order valence-electron chi connectivity index (χ3n) is 6.51. The summed E-state index contributed by atoms with van der Waals surface area (Å²) in [4.78, 5) is 15.0. The highest BCUT2D eigenvalue weighted by molar-refractivity contribution is 7.80. The topological polar surface area (TPSA) is 78.5 Å². The van der Waals surface area contributed by atoms with E-state index in [-0.39, 0.29) is 11.0 Å². The third-order valence-corrected chi connectivity index (χ3v) is 7.08. The summed E-state index contributed by atoms with van der Waals surface area (Å²) in [6.07, 6.45) is 2.94. The molecule has 0 spiro atoms. The fraction of sp³-hybridized carbons (Fsp3) is 0.333. The second-order valence-corrected chi connectivity index (χ2v) is 9.91. The molecule has 0 saturated heterocycles. The molecule has 1 aliphatic rings. The first kappa shape index (κ1) is 29.3. The fourth-order valence-electron chi connectivity index (χ4n) is 4.49. The summed E-state index contributed by atoms with van der Waals surface area (Å²) in [5.74, 6) is 2.20. The van der Waals surface area contributed by atoms with Crippen LogP contribution < -0.4 is 33.9 Å². The van der Waals surface area contributed by atoms with E-state index in [0.29, 0.717) is 46.5 Å². The number of carbonyl (C=O) groups is 1. The van der Waals surface area contributed by atoms with Crippen molar-refractivity contribution < 1.29 is 28.5 Å². The quantitative estimate of drug-likeness (QED) is 0.204. The first-order valence-corrected chi connectivity index (χ1v) is 13.8. The zero-order valence-corrected chi connectivity index (χ0v) is 24.6. The zero-order valence-electron chi connectivity index (χ0n) is 23.0. The molecule has 1 atom stereocenters. The van der Waals surface area contributed by atoms with Crippen molar-refractivity contribution >= 4 is 40.5 Å². The molecule has 4 rings (SSSR count). The number of fused-ring (bicyclic) bond motifs is 1. The van der Waals surface area contributed by atoms with E-state index in [0.717, 1.165) is 36.3 Å². The van der Waals surface area contributed by atoms with E-state index in [9.17, 15) is 4.79 Å². The SMILES string of the molecule is CCCCC(Oc1ccc(Cl)cc1)Oc1cccc2c1CCN2C(=S)NC(=O)c1cc(OC)c(OC)c(OC)c1. The monoisotopic (exact) mass is 584 g/mol. The predicted octanol–water partition coefficient (Wildman–Crippen LogP) is 6.42. The first-order chi connectivity index (χ1) is 19.4. The molecule has 1 heterocycles. The molecule has 1 unspecified atom stereocenters. The molecular weight excluding hydrogens is 552 g/mol. The lowest BCUT2D eigenvalue weighted by Gasteiger charge is -2.23. The lowest BCUT2D eigenvalue weighted by atomic mass is 10.1. The van der Waals surface area contributed by atoms with Gasteiger partial charge in [0, 0.05) is 29.1 Å². The van der Waals surface area contributed by atoms with Crippen LogP contribution in [0.25, 0.3) is 0 Å². The molecule has 1 N–H and O–H groups in total. The Bertz CT molecular complexity index is 1330. The molecule has 3 aromatic rings. The molecule has 212 valence electrons. The standard InChI is InChI=1S/C30H33ClN2O6S/c1-5-6-10-27(38-21-13-11-20(31)12-14-21)39-24-9-7-8-23-22(24)15-16-33(23)30(40)32-29(34)19-17-25(35-2)28(37-4)26(18-19)36-3/h7-9,11-14,17-18,27H,5-6,10,15-16H2,1-4H3,(H,32,34,40). The van der Waals surface area contributed by atoms with Crippen molar-refractivity contribution in [2.24, 2.45) is 0 Å². The summed E-state index contributed by atoms with van der Waals surface area (Å²) in [6.45, 7) is 2.73. The van der Waals surface area contributed by atoms with Crippen LogP contribution in [0, 0.1) is 0 Å². The molecule has 0 fully saturated rings. The van der Waals surface area contributed by atoms with Crippen LogP contribution in [0.3, 0.4) is 0 Å². The zero-order chi connectivity index (χ0) is 28.6. The van der Waals surface area contributed by atoms with Crippen LogP contribution in [0.2, 0.25) is 5.02 Å². The van der Waals surface area contributed by atoms with Crippen molar-refractivity contribution in [2.75, 3.05) is 32.8 Å². The maximum Gasteiger partial charge on any atom is 0.257 e. The van der Waals surface area contributed by atoms with Crippen LogP contribution in [0.4, 0.5) is 5.69 Å². The van der Waals surface area contributed by atoms with Crippen molar-refractivity contribution in [2.45, 2.75) is 38.9 Å². The van der Waals surface area contributed by atoms with Gasteiger partial charge in [-0.2, -0.15) is 0 Å². The molecule has 10 heteroatoms. The molecule has 1 amide bonds. The van der Waals surface area contributed by atoms with Crippen LogP contribution in [-0.2, 0) is 6.42 Å². The number of hydrogen-bond acceptors (Lipinski definition) is 7. The van der Waals surface area contributed by atoms with Crippen molar-refractivity contribution in [3.05, 3.63) is 70.7 Å². The Balaban J connectivity index is 1.50. The number of anilines is 1. The number of nitrogens with one attached hydrogen (secondary N) is 1. The van der Waals surface area contributed by atoms with E-state index < -0.39 is 6.29 Å². The summed E-state index contributed by atoms with van der Waals surface area (Å²) in [7, 11) is 4.50. The number of methoxy groups -OCH3 is 3. The minimum atomic E-state index is -0.464. The number of hydrogen-bond donors (Lipinski definition) is 1. The van der Waals surface area contributed by atoms with Gasteiger partial charge in [0.2, 0.25) is 12.0 Å². The van der Waals surface area contributed by atoms with Gasteiger partial charge in [-0.3, -0.25) is 10.1 Å². The van der Waals surface area contributed by atoms with E-state index in [2.05, 4.69) is 12.2 Å². The van der Waals surface area contributed by atoms with Gasteiger partial charge in [-0.05, 0) is 73.6 Å². The molecule has 1 aliphatic heterocycles. The Morgan fingerprint density at radius 3 is 2.33 bits per heavy atom. The number of rotatable bonds is 11. The number of ether oxygens (including phenoxy) is 5. The lowest BCUT2D eigenvalue weighted by molar-refractivity contribution is -0.00265. The molecule has 0 aromatic heterocycles. The van der Waals surface area contributed by atoms with Crippen molar-refractivity contribution in [3.63, 3.8) is 0 Å². The summed E-state index contributed by atoms with van der Waals surface area (Å²) in [5, 5.41) is 3.77. The van der Waals surface area contributed by atoms with E-state index >= 15 is 0 Å². The summed E-state index contributed by atoms with van der Waals surface area (Å²) in [5.41, 5.74) is 2.22. The highest BCUT2D eigenvalue weighted by atomic mass is 35.5. The molecule has 0 aliphatic carbocycles. The van der Waals surface area contributed by atoms with E-state index in [1.165, 1.54) is 21.3 Å². The summed E-state index contributed by atoms with van der Waals surface area (Å²) in [6, 6.07) is 16.2. The van der Waals surface area contributed by atoms with Gasteiger partial charge in [0.15, 0.2) is 16.6 Å². The van der Waals surface area contributed by atoms with Gasteiger partial charge in [0.25, 0.3) is 5.91 Å². The van der Waals surface area contributed by atoms with Gasteiger partial charge < -0.3 is 28.6 Å². The number of nitrogens with zero attached hydrogens (tertiary/aromatic N) is 1. The van der Waals surface area contributed by atoms with Crippen molar-refractivity contribution in [1.82, 2.24) is 5.32 Å². The number of benzene rings is 3. The van der Waals surface area contributed by atoms with Gasteiger partial charge in [-0.15, -0.1) is 0 Å². The Hall–Kier alpha value is -3.69. The molecular formula is C30H33ClN2O6S. The molecule has 40 heavy (non-hydrogen) atoms. The maximum absolute atomic E-state index is 13.1. The number of halogens is 1. The first-order valence-electron chi connectivity index (χ1n) is 13.0. The van der Waals surface area contributed by atoms with Gasteiger partial charge in [-0.1, -0.05) is 31.0 Å². The Morgan fingerprint density at radius 2 is 1.70 bits per heavy atom. The molecule has 3 aromatic carbocycles. The highest BCUT2D eigenvalue weighted by Crippen LogP contribution is 2.39. The van der Waals surface area contributed by atoms with E-state index in [1.54, 1.807) is 24.3 Å². The second kappa shape index (κ2) is 13.6. The van der Waals surface area contributed by atoms with E-state index in [1.807, 2.05) is 35.2 Å². The van der Waals surface area contributed by atoms with Crippen LogP contribution in [0.1, 0.15) is 42.1 Å². The Labute approximate surface area is 245 Å². The second-order valence-electron chi connectivity index (χ2n) is 9.09. The molecule has 0 saturated carbocycles. The fourth-order valence-corrected chi connectivity index (χ4v) is 4.90. The average Bonchev–Trinajstić information content (AvgIpc) is 3.41. The lowest BCUT2D eigenvalue weighted by Crippen LogP contribution is -2.42. The van der Waals surface area contributed by atoms with Crippen molar-refractivity contribution in [3.8, 4) is 28.7 Å². The van der Waals surface area contributed by atoms with Crippen LogP contribution in [0.5, 0.6) is 28.7 Å². The predicted molar refractivity (Wildman–Crippen MR) is 160 cm³/mol. The number of unbranched alkanes of at least 4 members (excludes halogenated alkanes) is 1. The Morgan fingerprint density at radius 1 is 1.00 bits per heavy atom.